The van der Waals surface area contributed by atoms with Crippen LogP contribution in [0, 0.1) is 5.82 Å². The number of amides is 1. The molecule has 1 aromatic heterocycles. The van der Waals surface area contributed by atoms with E-state index in [-0.39, 0.29) is 17.8 Å². The number of guanidine groups is 1. The number of rotatable bonds is 7. The number of anilines is 1. The Morgan fingerprint density at radius 2 is 2.16 bits per heavy atom. The van der Waals surface area contributed by atoms with Crippen molar-refractivity contribution in [2.24, 2.45) is 4.99 Å². The minimum absolute atomic E-state index is 0.00418. The van der Waals surface area contributed by atoms with Crippen molar-refractivity contribution in [3.05, 3.63) is 59.5 Å². The van der Waals surface area contributed by atoms with Crippen molar-refractivity contribution in [3.63, 3.8) is 0 Å². The molecule has 1 aromatic carbocycles. The first-order valence-electron chi connectivity index (χ1n) is 10.7. The highest BCUT2D eigenvalue weighted by atomic mass is 19.1. The Kier molecular flexibility index (Phi) is 7.81. The lowest BCUT2D eigenvalue weighted by molar-refractivity contribution is 0.0827. The number of benzene rings is 1. The summed E-state index contributed by atoms with van der Waals surface area (Å²) in [5.74, 6) is 0.853. The van der Waals surface area contributed by atoms with Crippen LogP contribution in [-0.4, -0.2) is 68.1 Å². The molecule has 0 aliphatic carbocycles. The topological polar surface area (TPSA) is 72.9 Å². The summed E-state index contributed by atoms with van der Waals surface area (Å²) in [7, 11) is 3.50. The molecule has 0 radical (unpaired) electrons. The molecule has 0 saturated carbocycles. The maximum absolute atomic E-state index is 14.0. The standard InChI is InChI=1S/C23H31FN6O/c1-4-25-23(27-13-10-17-7-5-8-18(15-17)22(31)29(2)3)28-19-11-14-30(16-19)21-20(24)9-6-12-26-21/h5-9,12,15,19H,4,10-11,13-14,16H2,1-3H3,(H2,25,27,28). The van der Waals surface area contributed by atoms with Crippen molar-refractivity contribution in [2.75, 3.05) is 45.2 Å². The van der Waals surface area contributed by atoms with E-state index in [2.05, 4.69) is 20.6 Å². The average molecular weight is 427 g/mol. The second-order valence-electron chi connectivity index (χ2n) is 7.80. The predicted octanol–water partition coefficient (Wildman–Crippen LogP) is 2.30. The Morgan fingerprint density at radius 3 is 2.90 bits per heavy atom. The molecule has 31 heavy (non-hydrogen) atoms. The number of nitrogens with one attached hydrogen (secondary N) is 2. The highest BCUT2D eigenvalue weighted by Gasteiger charge is 2.25. The second-order valence-corrected chi connectivity index (χ2v) is 7.80. The third-order valence-corrected chi connectivity index (χ3v) is 5.16. The molecular formula is C23H31FN6O. The number of nitrogens with zero attached hydrogens (tertiary/aromatic N) is 4. The number of carbonyl (C=O) groups excluding carboxylic acids is 1. The number of hydrogen-bond donors (Lipinski definition) is 2. The van der Waals surface area contributed by atoms with E-state index in [1.54, 1.807) is 31.3 Å². The summed E-state index contributed by atoms with van der Waals surface area (Å²) in [4.78, 5) is 24.6. The monoisotopic (exact) mass is 426 g/mol. The van der Waals surface area contributed by atoms with Gasteiger partial charge in [-0.15, -0.1) is 0 Å². The predicted molar refractivity (Wildman–Crippen MR) is 122 cm³/mol. The number of carbonyl (C=O) groups is 1. The van der Waals surface area contributed by atoms with Gasteiger partial charge in [-0.3, -0.25) is 9.79 Å². The van der Waals surface area contributed by atoms with E-state index in [0.29, 0.717) is 24.5 Å². The van der Waals surface area contributed by atoms with E-state index in [1.807, 2.05) is 36.1 Å². The fraction of sp³-hybridized carbons (Fsp3) is 0.435. The zero-order valence-electron chi connectivity index (χ0n) is 18.4. The van der Waals surface area contributed by atoms with Crippen LogP contribution in [-0.2, 0) is 6.42 Å². The van der Waals surface area contributed by atoms with Crippen LogP contribution in [0.25, 0.3) is 0 Å². The third-order valence-electron chi connectivity index (χ3n) is 5.16. The molecule has 1 amide bonds. The molecule has 1 unspecified atom stereocenters. The van der Waals surface area contributed by atoms with Crippen LogP contribution in [0.3, 0.4) is 0 Å². The van der Waals surface area contributed by atoms with E-state index in [4.69, 9.17) is 0 Å². The molecule has 7 nitrogen and oxygen atoms in total. The quantitative estimate of drug-likeness (QED) is 0.525. The number of pyridine rings is 1. The van der Waals surface area contributed by atoms with Gasteiger partial charge in [-0.05, 0) is 49.6 Å². The van der Waals surface area contributed by atoms with Gasteiger partial charge in [0.1, 0.15) is 0 Å². The Labute approximate surface area is 183 Å². The van der Waals surface area contributed by atoms with Gasteiger partial charge < -0.3 is 20.4 Å². The summed E-state index contributed by atoms with van der Waals surface area (Å²) >= 11 is 0. The molecule has 0 bridgehead atoms. The zero-order chi connectivity index (χ0) is 22.2. The Morgan fingerprint density at radius 1 is 1.32 bits per heavy atom. The van der Waals surface area contributed by atoms with Gasteiger partial charge in [0.25, 0.3) is 5.91 Å². The first-order valence-corrected chi connectivity index (χ1v) is 10.7. The van der Waals surface area contributed by atoms with Crippen molar-refractivity contribution >= 4 is 17.7 Å². The zero-order valence-corrected chi connectivity index (χ0v) is 18.4. The van der Waals surface area contributed by atoms with Crippen molar-refractivity contribution in [2.45, 2.75) is 25.8 Å². The molecule has 3 rings (SSSR count). The van der Waals surface area contributed by atoms with Crippen LogP contribution in [0.15, 0.2) is 47.6 Å². The highest BCUT2D eigenvalue weighted by Crippen LogP contribution is 2.20. The molecule has 1 saturated heterocycles. The summed E-state index contributed by atoms with van der Waals surface area (Å²) in [6, 6.07) is 10.9. The number of aromatic nitrogens is 1. The number of halogens is 1. The van der Waals surface area contributed by atoms with Gasteiger partial charge in [0.15, 0.2) is 17.6 Å². The van der Waals surface area contributed by atoms with Gasteiger partial charge in [-0.25, -0.2) is 9.37 Å². The van der Waals surface area contributed by atoms with Crippen molar-refractivity contribution < 1.29 is 9.18 Å². The molecule has 8 heteroatoms. The largest absolute Gasteiger partial charge is 0.357 e. The van der Waals surface area contributed by atoms with E-state index >= 15 is 0 Å². The summed E-state index contributed by atoms with van der Waals surface area (Å²) in [5.41, 5.74) is 1.76. The third kappa shape index (κ3) is 6.16. The molecule has 1 atom stereocenters. The molecular weight excluding hydrogens is 395 g/mol. The van der Waals surface area contributed by atoms with Gasteiger partial charge in [-0.2, -0.15) is 0 Å². The molecule has 1 aliphatic rings. The molecule has 0 spiro atoms. The molecule has 166 valence electrons. The molecule has 2 heterocycles. The molecule has 1 aliphatic heterocycles. The Balaban J connectivity index is 1.57. The lowest BCUT2D eigenvalue weighted by Crippen LogP contribution is -2.44. The minimum Gasteiger partial charge on any atom is -0.357 e. The normalized spacial score (nSPS) is 16.3. The van der Waals surface area contributed by atoms with E-state index in [9.17, 15) is 9.18 Å². The SMILES string of the molecule is CCNC(=NCCc1cccc(C(=O)N(C)C)c1)NC1CCN(c2ncccc2F)C1. The first kappa shape index (κ1) is 22.5. The van der Waals surface area contributed by atoms with Gasteiger partial charge >= 0.3 is 0 Å². The lowest BCUT2D eigenvalue weighted by atomic mass is 10.1. The fourth-order valence-electron chi connectivity index (χ4n) is 3.61. The van der Waals surface area contributed by atoms with Crippen LogP contribution >= 0.6 is 0 Å². The van der Waals surface area contributed by atoms with Gasteiger partial charge in [0.2, 0.25) is 0 Å². The van der Waals surface area contributed by atoms with E-state index in [0.717, 1.165) is 37.5 Å². The average Bonchev–Trinajstić information content (AvgIpc) is 3.22. The van der Waals surface area contributed by atoms with Crippen molar-refractivity contribution in [1.29, 1.82) is 0 Å². The summed E-state index contributed by atoms with van der Waals surface area (Å²) < 4.78 is 14.0. The van der Waals surface area contributed by atoms with Crippen LogP contribution in [0.1, 0.15) is 29.3 Å². The van der Waals surface area contributed by atoms with Gasteiger partial charge in [0, 0.05) is 58.1 Å². The number of aliphatic imine (C=N–C) groups is 1. The van der Waals surface area contributed by atoms with Crippen LogP contribution in [0.2, 0.25) is 0 Å². The van der Waals surface area contributed by atoms with E-state index < -0.39 is 0 Å². The molecule has 1 fully saturated rings. The smallest absolute Gasteiger partial charge is 0.253 e. The van der Waals surface area contributed by atoms with Crippen molar-refractivity contribution in [1.82, 2.24) is 20.5 Å². The molecule has 2 aromatic rings. The van der Waals surface area contributed by atoms with Crippen molar-refractivity contribution in [3.8, 4) is 0 Å². The number of hydrogen-bond acceptors (Lipinski definition) is 4. The first-order chi connectivity index (χ1) is 15.0. The maximum Gasteiger partial charge on any atom is 0.253 e. The summed E-state index contributed by atoms with van der Waals surface area (Å²) in [6.45, 7) is 4.80. The molecule has 2 N–H and O–H groups in total. The van der Waals surface area contributed by atoms with Crippen LogP contribution in [0.5, 0.6) is 0 Å². The maximum atomic E-state index is 14.0. The fourth-order valence-corrected chi connectivity index (χ4v) is 3.61. The van der Waals surface area contributed by atoms with Gasteiger partial charge in [-0.1, -0.05) is 12.1 Å². The summed E-state index contributed by atoms with van der Waals surface area (Å²) in [6.07, 6.45) is 3.24. The minimum atomic E-state index is -0.293. The lowest BCUT2D eigenvalue weighted by Gasteiger charge is -2.20. The second kappa shape index (κ2) is 10.7. The Bertz CT molecular complexity index is 916. The Hall–Kier alpha value is -3.16. The highest BCUT2D eigenvalue weighted by molar-refractivity contribution is 5.94. The van der Waals surface area contributed by atoms with Crippen LogP contribution in [0.4, 0.5) is 10.2 Å². The van der Waals surface area contributed by atoms with E-state index in [1.165, 1.54) is 6.07 Å². The van der Waals surface area contributed by atoms with Gasteiger partial charge in [0.05, 0.1) is 0 Å². The van der Waals surface area contributed by atoms with Crippen LogP contribution < -0.4 is 15.5 Å². The summed E-state index contributed by atoms with van der Waals surface area (Å²) in [5, 5.41) is 6.73.